The van der Waals surface area contributed by atoms with Crippen molar-refractivity contribution in [2.75, 3.05) is 13.1 Å². The molecule has 1 aliphatic heterocycles. The van der Waals surface area contributed by atoms with Gasteiger partial charge in [0.25, 0.3) is 5.91 Å². The standard InChI is InChI=1S/C11H14Br2N2OS/c1-6-7(2)15(4-3-14-6)11(16)8-5-9(12)17-10(8)13/h5-7,14H,3-4H2,1-2H3. The number of amides is 1. The first-order valence-electron chi connectivity index (χ1n) is 5.50. The van der Waals surface area contributed by atoms with Crippen LogP contribution in [-0.4, -0.2) is 36.0 Å². The van der Waals surface area contributed by atoms with Crippen molar-refractivity contribution in [3.8, 4) is 0 Å². The maximum atomic E-state index is 12.4. The first kappa shape index (κ1) is 13.5. The first-order chi connectivity index (χ1) is 8.00. The predicted molar refractivity (Wildman–Crippen MR) is 77.7 cm³/mol. The van der Waals surface area contributed by atoms with E-state index in [9.17, 15) is 4.79 Å². The van der Waals surface area contributed by atoms with E-state index in [0.29, 0.717) is 6.04 Å². The van der Waals surface area contributed by atoms with Crippen LogP contribution in [0.15, 0.2) is 13.6 Å². The highest BCUT2D eigenvalue weighted by atomic mass is 79.9. The van der Waals surface area contributed by atoms with E-state index in [1.807, 2.05) is 11.0 Å². The Balaban J connectivity index is 2.22. The molecular formula is C11H14Br2N2OS. The molecule has 6 heteroatoms. The number of nitrogens with zero attached hydrogens (tertiary/aromatic N) is 1. The third-order valence-electron chi connectivity index (χ3n) is 3.18. The molecule has 2 heterocycles. The van der Waals surface area contributed by atoms with Gasteiger partial charge < -0.3 is 10.2 Å². The van der Waals surface area contributed by atoms with Crippen LogP contribution in [0.25, 0.3) is 0 Å². The van der Waals surface area contributed by atoms with Gasteiger partial charge in [-0.15, -0.1) is 11.3 Å². The Hall–Kier alpha value is 0.0900. The lowest BCUT2D eigenvalue weighted by Gasteiger charge is -2.38. The molecule has 1 amide bonds. The zero-order chi connectivity index (χ0) is 12.6. The molecule has 0 saturated carbocycles. The lowest BCUT2D eigenvalue weighted by molar-refractivity contribution is 0.0602. The number of hydrogen-bond donors (Lipinski definition) is 1. The summed E-state index contributed by atoms with van der Waals surface area (Å²) in [7, 11) is 0. The van der Waals surface area contributed by atoms with Gasteiger partial charge in [0.1, 0.15) is 0 Å². The fraction of sp³-hybridized carbons (Fsp3) is 0.545. The number of thiophene rings is 1. The number of hydrogen-bond acceptors (Lipinski definition) is 3. The molecule has 2 rings (SSSR count). The number of rotatable bonds is 1. The molecule has 1 aromatic rings. The van der Waals surface area contributed by atoms with Crippen LogP contribution in [0.5, 0.6) is 0 Å². The monoisotopic (exact) mass is 380 g/mol. The Morgan fingerprint density at radius 2 is 2.24 bits per heavy atom. The van der Waals surface area contributed by atoms with Gasteiger partial charge in [-0.2, -0.15) is 0 Å². The topological polar surface area (TPSA) is 32.3 Å². The van der Waals surface area contributed by atoms with E-state index in [-0.39, 0.29) is 11.9 Å². The van der Waals surface area contributed by atoms with Crippen LogP contribution in [-0.2, 0) is 0 Å². The van der Waals surface area contributed by atoms with E-state index in [4.69, 9.17) is 0 Å². The van der Waals surface area contributed by atoms with Crippen molar-refractivity contribution >= 4 is 49.1 Å². The lowest BCUT2D eigenvalue weighted by Crippen LogP contribution is -2.57. The van der Waals surface area contributed by atoms with Crippen LogP contribution in [0.1, 0.15) is 24.2 Å². The molecule has 3 nitrogen and oxygen atoms in total. The van der Waals surface area contributed by atoms with Gasteiger partial charge in [-0.25, -0.2) is 0 Å². The molecule has 1 aliphatic rings. The highest BCUT2D eigenvalue weighted by molar-refractivity contribution is 9.12. The second kappa shape index (κ2) is 5.38. The van der Waals surface area contributed by atoms with Crippen molar-refractivity contribution < 1.29 is 4.79 Å². The zero-order valence-corrected chi connectivity index (χ0v) is 13.7. The van der Waals surface area contributed by atoms with Gasteiger partial charge in [-0.3, -0.25) is 4.79 Å². The van der Waals surface area contributed by atoms with Crippen molar-refractivity contribution in [3.05, 3.63) is 19.2 Å². The number of nitrogens with one attached hydrogen (secondary N) is 1. The number of carbonyl (C=O) groups is 1. The van der Waals surface area contributed by atoms with Gasteiger partial charge in [0, 0.05) is 25.2 Å². The minimum atomic E-state index is 0.111. The normalized spacial score (nSPS) is 25.1. The fourth-order valence-corrected chi connectivity index (χ4v) is 4.76. The van der Waals surface area contributed by atoms with Gasteiger partial charge in [0.2, 0.25) is 0 Å². The van der Waals surface area contributed by atoms with E-state index in [1.165, 1.54) is 11.3 Å². The molecule has 17 heavy (non-hydrogen) atoms. The van der Waals surface area contributed by atoms with E-state index >= 15 is 0 Å². The Morgan fingerprint density at radius 3 is 2.82 bits per heavy atom. The average Bonchev–Trinajstić information content (AvgIpc) is 2.61. The molecule has 2 unspecified atom stereocenters. The summed E-state index contributed by atoms with van der Waals surface area (Å²) < 4.78 is 1.87. The van der Waals surface area contributed by atoms with Crippen LogP contribution < -0.4 is 5.32 Å². The molecular weight excluding hydrogens is 368 g/mol. The SMILES string of the molecule is CC1NCCN(C(=O)c2cc(Br)sc2Br)C1C. The second-order valence-electron chi connectivity index (χ2n) is 4.22. The zero-order valence-electron chi connectivity index (χ0n) is 9.67. The fourth-order valence-electron chi connectivity index (χ4n) is 1.98. The third-order valence-corrected chi connectivity index (χ3v) is 5.52. The Labute approximate surface area is 122 Å². The van der Waals surface area contributed by atoms with E-state index in [2.05, 4.69) is 51.0 Å². The molecule has 0 radical (unpaired) electrons. The average molecular weight is 382 g/mol. The van der Waals surface area contributed by atoms with Crippen LogP contribution in [0.3, 0.4) is 0 Å². The molecule has 0 aliphatic carbocycles. The van der Waals surface area contributed by atoms with E-state index < -0.39 is 0 Å². The molecule has 1 fully saturated rings. The van der Waals surface area contributed by atoms with E-state index in [1.54, 1.807) is 0 Å². The predicted octanol–water partition coefficient (Wildman–Crippen LogP) is 3.10. The molecule has 1 aromatic heterocycles. The maximum Gasteiger partial charge on any atom is 0.256 e. The van der Waals surface area contributed by atoms with E-state index in [0.717, 1.165) is 26.2 Å². The second-order valence-corrected chi connectivity index (χ2v) is 7.97. The van der Waals surface area contributed by atoms with Gasteiger partial charge >= 0.3 is 0 Å². The third kappa shape index (κ3) is 2.75. The van der Waals surface area contributed by atoms with Crippen LogP contribution >= 0.6 is 43.2 Å². The van der Waals surface area contributed by atoms with Gasteiger partial charge in [0.05, 0.1) is 13.1 Å². The summed E-state index contributed by atoms with van der Waals surface area (Å²) in [5, 5.41) is 3.38. The maximum absolute atomic E-state index is 12.4. The van der Waals surface area contributed by atoms with Gasteiger partial charge in [-0.1, -0.05) is 0 Å². The molecule has 1 N–H and O–H groups in total. The summed E-state index contributed by atoms with van der Waals surface area (Å²) >= 11 is 8.39. The lowest BCUT2D eigenvalue weighted by atomic mass is 10.1. The Kier molecular flexibility index (Phi) is 4.28. The first-order valence-corrected chi connectivity index (χ1v) is 7.90. The van der Waals surface area contributed by atoms with Crippen LogP contribution in [0.2, 0.25) is 0 Å². The van der Waals surface area contributed by atoms with Crippen LogP contribution in [0.4, 0.5) is 0 Å². The smallest absolute Gasteiger partial charge is 0.256 e. The Morgan fingerprint density at radius 1 is 1.53 bits per heavy atom. The molecule has 0 aromatic carbocycles. The van der Waals surface area contributed by atoms with Crippen LogP contribution in [0, 0.1) is 0 Å². The van der Waals surface area contributed by atoms with Crippen molar-refractivity contribution in [2.24, 2.45) is 0 Å². The summed E-state index contributed by atoms with van der Waals surface area (Å²) in [5.41, 5.74) is 0.753. The summed E-state index contributed by atoms with van der Waals surface area (Å²) in [5.74, 6) is 0.111. The molecule has 0 spiro atoms. The van der Waals surface area contributed by atoms with Crippen molar-refractivity contribution in [1.82, 2.24) is 10.2 Å². The number of halogens is 2. The van der Waals surface area contributed by atoms with Crippen molar-refractivity contribution in [2.45, 2.75) is 25.9 Å². The highest BCUT2D eigenvalue weighted by Gasteiger charge is 2.30. The van der Waals surface area contributed by atoms with Gasteiger partial charge in [0.15, 0.2) is 0 Å². The quantitative estimate of drug-likeness (QED) is 0.810. The summed E-state index contributed by atoms with van der Waals surface area (Å²) in [6.45, 7) is 5.83. The molecule has 94 valence electrons. The molecule has 2 atom stereocenters. The van der Waals surface area contributed by atoms with Gasteiger partial charge in [-0.05, 0) is 51.8 Å². The molecule has 1 saturated heterocycles. The molecule has 0 bridgehead atoms. The minimum absolute atomic E-state index is 0.111. The summed E-state index contributed by atoms with van der Waals surface area (Å²) in [6.07, 6.45) is 0. The van der Waals surface area contributed by atoms with Crippen molar-refractivity contribution in [3.63, 3.8) is 0 Å². The minimum Gasteiger partial charge on any atom is -0.333 e. The highest BCUT2D eigenvalue weighted by Crippen LogP contribution is 2.33. The largest absolute Gasteiger partial charge is 0.333 e. The Bertz CT molecular complexity index is 435. The number of carbonyl (C=O) groups excluding carboxylic acids is 1. The summed E-state index contributed by atoms with van der Waals surface area (Å²) in [6, 6.07) is 2.45. The summed E-state index contributed by atoms with van der Waals surface area (Å²) in [4.78, 5) is 14.4. The van der Waals surface area contributed by atoms with Crippen molar-refractivity contribution in [1.29, 1.82) is 0 Å². The number of piperazine rings is 1.